The van der Waals surface area contributed by atoms with Crippen LogP contribution in [0, 0.1) is 0 Å². The molecule has 6 heteroatoms. The van der Waals surface area contributed by atoms with E-state index in [1.807, 2.05) is 0 Å². The Hall–Kier alpha value is -1.46. The first-order chi connectivity index (χ1) is 7.53. The molecule has 0 spiro atoms. The molecule has 0 aromatic carbocycles. The molecule has 0 fully saturated rings. The minimum absolute atomic E-state index is 0.208. The predicted molar refractivity (Wildman–Crippen MR) is 54.6 cm³/mol. The standard InChI is InChI=1S/C10H13F3N2O/c1-2-16-8-4-3-6-14-9(8)15-7-5-10(11,12)13/h3-4,6H,2,5,7H2,1H3,(H,14,15). The van der Waals surface area contributed by atoms with Crippen LogP contribution in [0.4, 0.5) is 19.0 Å². The number of rotatable bonds is 5. The molecular weight excluding hydrogens is 221 g/mol. The van der Waals surface area contributed by atoms with Crippen LogP contribution in [0.5, 0.6) is 5.75 Å². The lowest BCUT2D eigenvalue weighted by Gasteiger charge is -2.11. The van der Waals surface area contributed by atoms with Crippen LogP contribution in [-0.4, -0.2) is 24.3 Å². The zero-order valence-electron chi connectivity index (χ0n) is 8.84. The first-order valence-electron chi connectivity index (χ1n) is 4.91. The van der Waals surface area contributed by atoms with E-state index in [2.05, 4.69) is 10.3 Å². The number of alkyl halides is 3. The monoisotopic (exact) mass is 234 g/mol. The minimum Gasteiger partial charge on any atom is -0.490 e. The molecule has 0 aliphatic heterocycles. The highest BCUT2D eigenvalue weighted by Gasteiger charge is 2.26. The van der Waals surface area contributed by atoms with Gasteiger partial charge in [-0.2, -0.15) is 13.2 Å². The number of hydrogen-bond acceptors (Lipinski definition) is 3. The molecule has 1 N–H and O–H groups in total. The van der Waals surface area contributed by atoms with Crippen LogP contribution in [0.2, 0.25) is 0 Å². The molecule has 0 amide bonds. The van der Waals surface area contributed by atoms with Gasteiger partial charge in [-0.25, -0.2) is 4.98 Å². The average Bonchev–Trinajstić information content (AvgIpc) is 2.19. The lowest BCUT2D eigenvalue weighted by atomic mass is 10.4. The molecule has 1 rings (SSSR count). The third kappa shape index (κ3) is 4.37. The molecule has 0 atom stereocenters. The Morgan fingerprint density at radius 2 is 2.19 bits per heavy atom. The fourth-order valence-corrected chi connectivity index (χ4v) is 1.12. The van der Waals surface area contributed by atoms with Gasteiger partial charge in [0.2, 0.25) is 0 Å². The van der Waals surface area contributed by atoms with Gasteiger partial charge in [0.25, 0.3) is 0 Å². The number of nitrogens with one attached hydrogen (secondary N) is 1. The van der Waals surface area contributed by atoms with Crippen molar-refractivity contribution in [1.29, 1.82) is 0 Å². The Balaban J connectivity index is 2.52. The molecule has 3 nitrogen and oxygen atoms in total. The molecule has 0 aliphatic carbocycles. The normalized spacial score (nSPS) is 11.2. The van der Waals surface area contributed by atoms with E-state index in [0.717, 1.165) is 0 Å². The molecule has 0 saturated heterocycles. The smallest absolute Gasteiger partial charge is 0.390 e. The Morgan fingerprint density at radius 3 is 2.81 bits per heavy atom. The number of pyridine rings is 1. The summed E-state index contributed by atoms with van der Waals surface area (Å²) in [6, 6.07) is 3.33. The van der Waals surface area contributed by atoms with Gasteiger partial charge in [-0.1, -0.05) is 0 Å². The molecule has 0 saturated carbocycles. The van der Waals surface area contributed by atoms with Crippen molar-refractivity contribution < 1.29 is 17.9 Å². The van der Waals surface area contributed by atoms with Gasteiger partial charge in [0.15, 0.2) is 11.6 Å². The van der Waals surface area contributed by atoms with Gasteiger partial charge >= 0.3 is 6.18 Å². The van der Waals surface area contributed by atoms with Gasteiger partial charge in [-0.05, 0) is 19.1 Å². The van der Waals surface area contributed by atoms with E-state index < -0.39 is 12.6 Å². The maximum Gasteiger partial charge on any atom is 0.390 e. The predicted octanol–water partition coefficient (Wildman–Crippen LogP) is 2.84. The zero-order chi connectivity index (χ0) is 12.0. The molecule has 0 aliphatic rings. The summed E-state index contributed by atoms with van der Waals surface area (Å²) in [4.78, 5) is 3.91. The van der Waals surface area contributed by atoms with Gasteiger partial charge in [0, 0.05) is 12.7 Å². The van der Waals surface area contributed by atoms with E-state index >= 15 is 0 Å². The number of nitrogens with zero attached hydrogens (tertiary/aromatic N) is 1. The Labute approximate surface area is 91.6 Å². The molecule has 1 heterocycles. The maximum atomic E-state index is 11.9. The van der Waals surface area contributed by atoms with Crippen molar-refractivity contribution in [2.24, 2.45) is 0 Å². The van der Waals surface area contributed by atoms with Gasteiger partial charge in [0.05, 0.1) is 13.0 Å². The van der Waals surface area contributed by atoms with E-state index in [1.54, 1.807) is 19.1 Å². The molecule has 0 bridgehead atoms. The third-order valence-electron chi connectivity index (χ3n) is 1.77. The van der Waals surface area contributed by atoms with E-state index in [1.165, 1.54) is 6.20 Å². The maximum absolute atomic E-state index is 11.9. The largest absolute Gasteiger partial charge is 0.490 e. The van der Waals surface area contributed by atoms with E-state index in [4.69, 9.17) is 4.74 Å². The molecule has 1 aromatic heterocycles. The summed E-state index contributed by atoms with van der Waals surface area (Å²) in [5.74, 6) is 0.806. The van der Waals surface area contributed by atoms with E-state index in [9.17, 15) is 13.2 Å². The van der Waals surface area contributed by atoms with Crippen LogP contribution in [-0.2, 0) is 0 Å². The van der Waals surface area contributed by atoms with Gasteiger partial charge < -0.3 is 10.1 Å². The molecule has 16 heavy (non-hydrogen) atoms. The lowest BCUT2D eigenvalue weighted by molar-refractivity contribution is -0.131. The second-order valence-corrected chi connectivity index (χ2v) is 3.08. The van der Waals surface area contributed by atoms with Crippen LogP contribution in [0.1, 0.15) is 13.3 Å². The summed E-state index contributed by atoms with van der Waals surface area (Å²) >= 11 is 0. The van der Waals surface area contributed by atoms with Crippen molar-refractivity contribution in [2.45, 2.75) is 19.5 Å². The molecule has 1 aromatic rings. The summed E-state index contributed by atoms with van der Waals surface area (Å²) in [5, 5.41) is 2.60. The number of anilines is 1. The SMILES string of the molecule is CCOc1cccnc1NCCC(F)(F)F. The Bertz CT molecular complexity index is 328. The first kappa shape index (κ1) is 12.6. The Morgan fingerprint density at radius 1 is 1.44 bits per heavy atom. The minimum atomic E-state index is -4.16. The van der Waals surface area contributed by atoms with Gasteiger partial charge in [0.1, 0.15) is 0 Å². The number of halogens is 3. The van der Waals surface area contributed by atoms with Crippen LogP contribution in [0.3, 0.4) is 0 Å². The highest BCUT2D eigenvalue weighted by molar-refractivity contribution is 5.49. The molecule has 0 radical (unpaired) electrons. The lowest BCUT2D eigenvalue weighted by Crippen LogP contribution is -2.15. The fraction of sp³-hybridized carbons (Fsp3) is 0.500. The van der Waals surface area contributed by atoms with Crippen molar-refractivity contribution in [2.75, 3.05) is 18.5 Å². The fourth-order valence-electron chi connectivity index (χ4n) is 1.12. The average molecular weight is 234 g/mol. The number of ether oxygens (including phenoxy) is 1. The summed E-state index contributed by atoms with van der Waals surface area (Å²) < 4.78 is 41.0. The van der Waals surface area contributed by atoms with Crippen molar-refractivity contribution in [3.63, 3.8) is 0 Å². The van der Waals surface area contributed by atoms with Crippen molar-refractivity contribution in [3.8, 4) is 5.75 Å². The van der Waals surface area contributed by atoms with Gasteiger partial charge in [-0.3, -0.25) is 0 Å². The van der Waals surface area contributed by atoms with Crippen LogP contribution < -0.4 is 10.1 Å². The third-order valence-corrected chi connectivity index (χ3v) is 1.77. The van der Waals surface area contributed by atoms with Crippen LogP contribution >= 0.6 is 0 Å². The number of hydrogen-bond donors (Lipinski definition) is 1. The summed E-state index contributed by atoms with van der Waals surface area (Å²) in [6.45, 7) is 2.03. The second-order valence-electron chi connectivity index (χ2n) is 3.08. The first-order valence-corrected chi connectivity index (χ1v) is 4.91. The quantitative estimate of drug-likeness (QED) is 0.850. The summed E-state index contributed by atoms with van der Waals surface area (Å²) in [6.07, 6.45) is -3.55. The molecule has 0 unspecified atom stereocenters. The van der Waals surface area contributed by atoms with Crippen molar-refractivity contribution in [3.05, 3.63) is 18.3 Å². The molecular formula is C10H13F3N2O. The van der Waals surface area contributed by atoms with Crippen molar-refractivity contribution >= 4 is 5.82 Å². The zero-order valence-corrected chi connectivity index (χ0v) is 8.84. The molecule has 90 valence electrons. The summed E-state index contributed by atoms with van der Waals surface area (Å²) in [7, 11) is 0. The van der Waals surface area contributed by atoms with Crippen LogP contribution in [0.15, 0.2) is 18.3 Å². The van der Waals surface area contributed by atoms with Crippen LogP contribution in [0.25, 0.3) is 0 Å². The Kier molecular flexibility index (Phi) is 4.39. The second kappa shape index (κ2) is 5.58. The van der Waals surface area contributed by atoms with Crippen molar-refractivity contribution in [1.82, 2.24) is 4.98 Å². The van der Waals surface area contributed by atoms with Gasteiger partial charge in [-0.15, -0.1) is 0 Å². The van der Waals surface area contributed by atoms with E-state index in [0.29, 0.717) is 18.2 Å². The summed E-state index contributed by atoms with van der Waals surface area (Å²) in [5.41, 5.74) is 0. The highest BCUT2D eigenvalue weighted by Crippen LogP contribution is 2.23. The number of aromatic nitrogens is 1. The van der Waals surface area contributed by atoms with E-state index in [-0.39, 0.29) is 6.54 Å². The topological polar surface area (TPSA) is 34.1 Å². The highest BCUT2D eigenvalue weighted by atomic mass is 19.4.